The van der Waals surface area contributed by atoms with E-state index < -0.39 is 0 Å². The maximum absolute atomic E-state index is 6.11. The normalized spacial score (nSPS) is 16.8. The van der Waals surface area contributed by atoms with Gasteiger partial charge < -0.3 is 15.5 Å². The number of nitrogens with one attached hydrogen (secondary N) is 1. The number of hydrogen-bond acceptors (Lipinski definition) is 5. The fourth-order valence-corrected chi connectivity index (χ4v) is 3.40. The van der Waals surface area contributed by atoms with E-state index in [4.69, 9.17) is 5.73 Å². The van der Waals surface area contributed by atoms with Gasteiger partial charge in [0.1, 0.15) is 5.82 Å². The molecule has 3 rings (SSSR count). The van der Waals surface area contributed by atoms with Crippen molar-refractivity contribution in [3.05, 3.63) is 48.1 Å². The van der Waals surface area contributed by atoms with E-state index in [-0.39, 0.29) is 0 Å². The summed E-state index contributed by atoms with van der Waals surface area (Å²) in [6, 6.07) is 2.07. The summed E-state index contributed by atoms with van der Waals surface area (Å²) in [7, 11) is 4.13. The lowest BCUT2D eigenvalue weighted by molar-refractivity contribution is 0.585. The molecule has 1 atom stereocenters. The molecule has 2 aromatic heterocycles. The number of hydrogen-bond donors (Lipinski definition) is 2. The van der Waals surface area contributed by atoms with Crippen LogP contribution in [-0.2, 0) is 0 Å². The molecule has 0 spiro atoms. The molecule has 2 aromatic rings. The first-order valence-corrected chi connectivity index (χ1v) is 9.15. The highest BCUT2D eigenvalue weighted by Gasteiger charge is 2.23. The molecule has 26 heavy (non-hydrogen) atoms. The highest BCUT2D eigenvalue weighted by molar-refractivity contribution is 5.72. The molecule has 0 bridgehead atoms. The molecule has 138 valence electrons. The summed E-state index contributed by atoms with van der Waals surface area (Å²) in [5.41, 5.74) is 11.6. The second-order valence-electron chi connectivity index (χ2n) is 6.75. The van der Waals surface area contributed by atoms with Gasteiger partial charge in [-0.05, 0) is 31.4 Å². The molecule has 0 amide bonds. The lowest BCUT2D eigenvalue weighted by Crippen LogP contribution is -2.26. The standard InChI is InChI=1S/C20H28N6/c1-5-14-9-15(16-11-23-24-12-16)7-8-18(14)26(4)20-10-19(25(3)6-2)17(21)13-22-20/h7-8,10-14H,5-6,9,21H2,1-4H3,(H,23,24). The van der Waals surface area contributed by atoms with Crippen molar-refractivity contribution in [1.82, 2.24) is 15.2 Å². The Labute approximate surface area is 155 Å². The largest absolute Gasteiger partial charge is 0.396 e. The van der Waals surface area contributed by atoms with Crippen LogP contribution in [0.2, 0.25) is 0 Å². The highest BCUT2D eigenvalue weighted by atomic mass is 15.2. The molecule has 1 aliphatic rings. The summed E-state index contributed by atoms with van der Waals surface area (Å²) in [6.45, 7) is 5.24. The molecule has 1 unspecified atom stereocenters. The fourth-order valence-electron chi connectivity index (χ4n) is 3.40. The van der Waals surface area contributed by atoms with E-state index in [1.807, 2.05) is 19.4 Å². The zero-order valence-corrected chi connectivity index (χ0v) is 16.0. The lowest BCUT2D eigenvalue weighted by atomic mass is 9.86. The van der Waals surface area contributed by atoms with E-state index in [0.29, 0.717) is 11.6 Å². The number of rotatable bonds is 6. The smallest absolute Gasteiger partial charge is 0.134 e. The summed E-state index contributed by atoms with van der Waals surface area (Å²) < 4.78 is 0. The van der Waals surface area contributed by atoms with Crippen LogP contribution in [-0.4, -0.2) is 35.8 Å². The summed E-state index contributed by atoms with van der Waals surface area (Å²) in [5.74, 6) is 1.36. The van der Waals surface area contributed by atoms with Crippen LogP contribution in [0.3, 0.4) is 0 Å². The molecule has 1 aliphatic carbocycles. The third-order valence-electron chi connectivity index (χ3n) is 5.22. The third-order valence-corrected chi connectivity index (χ3v) is 5.22. The predicted octanol–water partition coefficient (Wildman–Crippen LogP) is 3.68. The second kappa shape index (κ2) is 7.64. The van der Waals surface area contributed by atoms with Crippen LogP contribution >= 0.6 is 0 Å². The minimum absolute atomic E-state index is 0.446. The first-order chi connectivity index (χ1) is 12.5. The number of nitrogens with two attached hydrogens (primary N) is 1. The quantitative estimate of drug-likeness (QED) is 0.829. The molecule has 0 aliphatic heterocycles. The van der Waals surface area contributed by atoms with Crippen LogP contribution in [0.5, 0.6) is 0 Å². The van der Waals surface area contributed by atoms with Gasteiger partial charge in [0.25, 0.3) is 0 Å². The number of anilines is 3. The summed E-state index contributed by atoms with van der Waals surface area (Å²) >= 11 is 0. The van der Waals surface area contributed by atoms with Gasteiger partial charge in [-0.3, -0.25) is 5.10 Å². The van der Waals surface area contributed by atoms with Crippen molar-refractivity contribution >= 4 is 22.8 Å². The molecule has 0 saturated carbocycles. The van der Waals surface area contributed by atoms with Gasteiger partial charge in [-0.1, -0.05) is 13.0 Å². The van der Waals surface area contributed by atoms with Gasteiger partial charge >= 0.3 is 0 Å². The Morgan fingerprint density at radius 3 is 2.69 bits per heavy atom. The average Bonchev–Trinajstić information content (AvgIpc) is 3.21. The number of nitrogens with zero attached hydrogens (tertiary/aromatic N) is 4. The van der Waals surface area contributed by atoms with Gasteiger partial charge in [0.2, 0.25) is 0 Å². The first kappa shape index (κ1) is 18.0. The van der Waals surface area contributed by atoms with Crippen molar-refractivity contribution in [2.75, 3.05) is 36.2 Å². The Bertz CT molecular complexity index is 806. The van der Waals surface area contributed by atoms with E-state index in [0.717, 1.165) is 30.9 Å². The van der Waals surface area contributed by atoms with Crippen molar-refractivity contribution in [1.29, 1.82) is 0 Å². The fraction of sp³-hybridized carbons (Fsp3) is 0.400. The number of aromatic nitrogens is 3. The second-order valence-corrected chi connectivity index (χ2v) is 6.75. The third kappa shape index (κ3) is 3.45. The minimum atomic E-state index is 0.446. The first-order valence-electron chi connectivity index (χ1n) is 9.15. The molecule has 2 heterocycles. The van der Waals surface area contributed by atoms with Crippen LogP contribution in [0, 0.1) is 5.92 Å². The van der Waals surface area contributed by atoms with Crippen molar-refractivity contribution in [2.24, 2.45) is 5.92 Å². The van der Waals surface area contributed by atoms with E-state index in [1.54, 1.807) is 6.20 Å². The average molecular weight is 352 g/mol. The minimum Gasteiger partial charge on any atom is -0.396 e. The molecule has 0 radical (unpaired) electrons. The van der Waals surface area contributed by atoms with E-state index in [2.05, 4.69) is 64.1 Å². The molecule has 0 fully saturated rings. The van der Waals surface area contributed by atoms with E-state index in [9.17, 15) is 0 Å². The molecule has 6 nitrogen and oxygen atoms in total. The van der Waals surface area contributed by atoms with E-state index >= 15 is 0 Å². The lowest BCUT2D eigenvalue weighted by Gasteiger charge is -2.32. The van der Waals surface area contributed by atoms with Gasteiger partial charge in [0.05, 0.1) is 23.8 Å². The Kier molecular flexibility index (Phi) is 5.30. The highest BCUT2D eigenvalue weighted by Crippen LogP contribution is 2.36. The number of H-pyrrole nitrogens is 1. The Balaban J connectivity index is 1.92. The maximum Gasteiger partial charge on any atom is 0.134 e. The van der Waals surface area contributed by atoms with Crippen LogP contribution in [0.4, 0.5) is 17.2 Å². The maximum atomic E-state index is 6.11. The number of nitrogen functional groups attached to an aromatic ring is 1. The molecule has 0 saturated heterocycles. The number of pyridine rings is 1. The van der Waals surface area contributed by atoms with Gasteiger partial charge in [-0.2, -0.15) is 5.10 Å². The predicted molar refractivity (Wildman–Crippen MR) is 109 cm³/mol. The molecular formula is C20H28N6. The van der Waals surface area contributed by atoms with Crippen molar-refractivity contribution in [2.45, 2.75) is 26.7 Å². The number of allylic oxidation sites excluding steroid dienone is 4. The SMILES string of the molecule is CCC1CC(c2cn[nH]c2)=CC=C1N(C)c1cc(N(C)CC)c(N)cn1. The van der Waals surface area contributed by atoms with Crippen LogP contribution < -0.4 is 15.5 Å². The van der Waals surface area contributed by atoms with Crippen molar-refractivity contribution < 1.29 is 0 Å². The molecular weight excluding hydrogens is 324 g/mol. The zero-order chi connectivity index (χ0) is 18.7. The van der Waals surface area contributed by atoms with Crippen molar-refractivity contribution in [3.63, 3.8) is 0 Å². The monoisotopic (exact) mass is 352 g/mol. The number of aromatic amines is 1. The van der Waals surface area contributed by atoms with Crippen LogP contribution in [0.15, 0.2) is 42.5 Å². The molecule has 3 N–H and O–H groups in total. The molecule has 6 heteroatoms. The van der Waals surface area contributed by atoms with Crippen molar-refractivity contribution in [3.8, 4) is 0 Å². The van der Waals surface area contributed by atoms with Crippen LogP contribution in [0.1, 0.15) is 32.3 Å². The Morgan fingerprint density at radius 1 is 1.23 bits per heavy atom. The topological polar surface area (TPSA) is 74.1 Å². The summed E-state index contributed by atoms with van der Waals surface area (Å²) in [4.78, 5) is 8.89. The van der Waals surface area contributed by atoms with Gasteiger partial charge in [-0.15, -0.1) is 0 Å². The van der Waals surface area contributed by atoms with Gasteiger partial charge in [0.15, 0.2) is 0 Å². The zero-order valence-electron chi connectivity index (χ0n) is 16.0. The van der Waals surface area contributed by atoms with E-state index in [1.165, 1.54) is 16.8 Å². The summed E-state index contributed by atoms with van der Waals surface area (Å²) in [5, 5.41) is 6.97. The summed E-state index contributed by atoms with van der Waals surface area (Å²) in [6.07, 6.45) is 12.1. The van der Waals surface area contributed by atoms with Gasteiger partial charge in [0, 0.05) is 50.1 Å². The van der Waals surface area contributed by atoms with Crippen LogP contribution in [0.25, 0.3) is 5.57 Å². The van der Waals surface area contributed by atoms with Gasteiger partial charge in [-0.25, -0.2) is 4.98 Å². The Morgan fingerprint density at radius 2 is 2.04 bits per heavy atom. The molecule has 0 aromatic carbocycles. The Hall–Kier alpha value is -2.76.